The minimum atomic E-state index is -3.57. The number of hydrogen-bond donors (Lipinski definition) is 1. The Hall–Kier alpha value is -1.42. The smallest absolute Gasteiger partial charge is 0.243 e. The van der Waals surface area contributed by atoms with Crippen LogP contribution in [0.15, 0.2) is 23.1 Å². The zero-order valence-electron chi connectivity index (χ0n) is 12.3. The number of benzene rings is 1. The summed E-state index contributed by atoms with van der Waals surface area (Å²) in [5, 5.41) is 8.83. The van der Waals surface area contributed by atoms with Gasteiger partial charge in [0.05, 0.1) is 16.5 Å². The molecular formula is C14H21N3O2S. The Morgan fingerprint density at radius 1 is 1.40 bits per heavy atom. The van der Waals surface area contributed by atoms with E-state index in [0.717, 1.165) is 0 Å². The lowest BCUT2D eigenvalue weighted by molar-refractivity contribution is 0.292. The van der Waals surface area contributed by atoms with Gasteiger partial charge >= 0.3 is 0 Å². The third-order valence-electron chi connectivity index (χ3n) is 3.20. The van der Waals surface area contributed by atoms with Crippen molar-refractivity contribution in [1.29, 1.82) is 5.26 Å². The molecule has 0 saturated heterocycles. The lowest BCUT2D eigenvalue weighted by Crippen LogP contribution is -2.39. The lowest BCUT2D eigenvalue weighted by Gasteiger charge is -2.28. The molecule has 1 aromatic carbocycles. The minimum absolute atomic E-state index is 0.229. The summed E-state index contributed by atoms with van der Waals surface area (Å²) in [5.41, 5.74) is 6.38. The Balaban J connectivity index is 3.15. The van der Waals surface area contributed by atoms with Crippen molar-refractivity contribution >= 4 is 10.0 Å². The van der Waals surface area contributed by atoms with E-state index < -0.39 is 10.0 Å². The fourth-order valence-electron chi connectivity index (χ4n) is 1.93. The van der Waals surface area contributed by atoms with Gasteiger partial charge in [-0.3, -0.25) is 0 Å². The quantitative estimate of drug-likeness (QED) is 0.891. The van der Waals surface area contributed by atoms with Gasteiger partial charge in [0.2, 0.25) is 10.0 Å². The Morgan fingerprint density at radius 3 is 2.45 bits per heavy atom. The van der Waals surface area contributed by atoms with Gasteiger partial charge in [-0.2, -0.15) is 5.26 Å². The summed E-state index contributed by atoms with van der Waals surface area (Å²) in [6.45, 7) is 6.27. The van der Waals surface area contributed by atoms with Crippen molar-refractivity contribution in [3.8, 4) is 6.07 Å². The zero-order chi connectivity index (χ0) is 15.6. The standard InChI is InChI=1S/C14H21N3O2S/c1-11-7-12(8-15)5-6-13(11)20(18,19)17(4)10-14(2,3)9-16/h5-7H,9-10,16H2,1-4H3. The van der Waals surface area contributed by atoms with E-state index in [9.17, 15) is 8.42 Å². The fraction of sp³-hybridized carbons (Fsp3) is 0.500. The van der Waals surface area contributed by atoms with Gasteiger partial charge in [0.15, 0.2) is 0 Å². The Kier molecular flexibility index (Phi) is 4.92. The van der Waals surface area contributed by atoms with Crippen molar-refractivity contribution in [2.75, 3.05) is 20.1 Å². The van der Waals surface area contributed by atoms with Gasteiger partial charge in [-0.1, -0.05) is 13.8 Å². The molecule has 20 heavy (non-hydrogen) atoms. The lowest BCUT2D eigenvalue weighted by atomic mass is 9.94. The maximum absolute atomic E-state index is 12.5. The highest BCUT2D eigenvalue weighted by Crippen LogP contribution is 2.23. The van der Waals surface area contributed by atoms with Crippen LogP contribution in [0.1, 0.15) is 25.0 Å². The molecule has 0 amide bonds. The first-order chi connectivity index (χ1) is 9.14. The second kappa shape index (κ2) is 5.92. The van der Waals surface area contributed by atoms with Crippen molar-refractivity contribution in [2.45, 2.75) is 25.7 Å². The molecule has 0 atom stereocenters. The molecule has 0 bridgehead atoms. The highest BCUT2D eigenvalue weighted by Gasteiger charge is 2.28. The normalized spacial score (nSPS) is 12.4. The van der Waals surface area contributed by atoms with Crippen LogP contribution in [0, 0.1) is 23.7 Å². The average molecular weight is 295 g/mol. The molecule has 0 spiro atoms. The van der Waals surface area contributed by atoms with Crippen molar-refractivity contribution in [3.05, 3.63) is 29.3 Å². The minimum Gasteiger partial charge on any atom is -0.330 e. The molecule has 0 heterocycles. The van der Waals surface area contributed by atoms with Gasteiger partial charge in [0, 0.05) is 13.6 Å². The summed E-state index contributed by atoms with van der Waals surface area (Å²) in [7, 11) is -2.02. The molecule has 1 aromatic rings. The molecule has 0 aliphatic rings. The van der Waals surface area contributed by atoms with E-state index in [2.05, 4.69) is 0 Å². The molecule has 110 valence electrons. The molecular weight excluding hydrogens is 274 g/mol. The van der Waals surface area contributed by atoms with E-state index in [1.807, 2.05) is 19.9 Å². The van der Waals surface area contributed by atoms with E-state index in [-0.39, 0.29) is 10.3 Å². The van der Waals surface area contributed by atoms with Crippen molar-refractivity contribution < 1.29 is 8.42 Å². The van der Waals surface area contributed by atoms with E-state index in [4.69, 9.17) is 11.0 Å². The average Bonchev–Trinajstić information content (AvgIpc) is 2.37. The molecule has 0 aromatic heterocycles. The van der Waals surface area contributed by atoms with Gasteiger partial charge in [-0.05, 0) is 42.6 Å². The molecule has 0 radical (unpaired) electrons. The molecule has 5 nitrogen and oxygen atoms in total. The Labute approximate surface area is 121 Å². The molecule has 0 aliphatic carbocycles. The first-order valence-corrected chi connectivity index (χ1v) is 7.75. The van der Waals surface area contributed by atoms with Gasteiger partial charge < -0.3 is 5.73 Å². The highest BCUT2D eigenvalue weighted by molar-refractivity contribution is 7.89. The largest absolute Gasteiger partial charge is 0.330 e. The molecule has 2 N–H and O–H groups in total. The van der Waals surface area contributed by atoms with Crippen LogP contribution < -0.4 is 5.73 Å². The Morgan fingerprint density at radius 2 is 2.00 bits per heavy atom. The third-order valence-corrected chi connectivity index (χ3v) is 5.16. The van der Waals surface area contributed by atoms with Gasteiger partial charge in [0.1, 0.15) is 0 Å². The molecule has 0 unspecified atom stereocenters. The van der Waals surface area contributed by atoms with Crippen LogP contribution in [0.3, 0.4) is 0 Å². The number of hydrogen-bond acceptors (Lipinski definition) is 4. The number of nitrogens with zero attached hydrogens (tertiary/aromatic N) is 2. The monoisotopic (exact) mass is 295 g/mol. The zero-order valence-corrected chi connectivity index (χ0v) is 13.2. The molecule has 1 rings (SSSR count). The van der Waals surface area contributed by atoms with Gasteiger partial charge in [0.25, 0.3) is 0 Å². The summed E-state index contributed by atoms with van der Waals surface area (Å²) in [4.78, 5) is 0.229. The first kappa shape index (κ1) is 16.6. The topological polar surface area (TPSA) is 87.2 Å². The Bertz CT molecular complexity index is 630. The van der Waals surface area contributed by atoms with E-state index >= 15 is 0 Å². The van der Waals surface area contributed by atoms with Crippen molar-refractivity contribution in [3.63, 3.8) is 0 Å². The van der Waals surface area contributed by atoms with Crippen LogP contribution in [0.2, 0.25) is 0 Å². The second-order valence-corrected chi connectivity index (χ2v) is 7.73. The summed E-state index contributed by atoms with van der Waals surface area (Å²) in [6, 6.07) is 6.57. The van der Waals surface area contributed by atoms with Crippen LogP contribution in [-0.2, 0) is 10.0 Å². The third kappa shape index (κ3) is 3.57. The molecule has 0 aliphatic heterocycles. The number of aryl methyl sites for hydroxylation is 1. The highest BCUT2D eigenvalue weighted by atomic mass is 32.2. The predicted molar refractivity (Wildman–Crippen MR) is 78.5 cm³/mol. The van der Waals surface area contributed by atoms with E-state index in [0.29, 0.717) is 24.2 Å². The van der Waals surface area contributed by atoms with Crippen LogP contribution in [0.4, 0.5) is 0 Å². The summed E-state index contributed by atoms with van der Waals surface area (Å²) in [6.07, 6.45) is 0. The van der Waals surface area contributed by atoms with Crippen LogP contribution >= 0.6 is 0 Å². The van der Waals surface area contributed by atoms with Crippen LogP contribution in [0.25, 0.3) is 0 Å². The summed E-state index contributed by atoms with van der Waals surface area (Å²) >= 11 is 0. The maximum Gasteiger partial charge on any atom is 0.243 e. The molecule has 0 saturated carbocycles. The first-order valence-electron chi connectivity index (χ1n) is 6.31. The van der Waals surface area contributed by atoms with Gasteiger partial charge in [-0.15, -0.1) is 0 Å². The summed E-state index contributed by atoms with van der Waals surface area (Å²) < 4.78 is 26.4. The van der Waals surface area contributed by atoms with Gasteiger partial charge in [-0.25, -0.2) is 12.7 Å². The van der Waals surface area contributed by atoms with E-state index in [1.165, 1.54) is 16.4 Å². The van der Waals surface area contributed by atoms with E-state index in [1.54, 1.807) is 20.0 Å². The predicted octanol–water partition coefficient (Wildman–Crippen LogP) is 1.47. The summed E-state index contributed by atoms with van der Waals surface area (Å²) in [5.74, 6) is 0. The maximum atomic E-state index is 12.5. The van der Waals surface area contributed by atoms with Crippen molar-refractivity contribution in [1.82, 2.24) is 4.31 Å². The van der Waals surface area contributed by atoms with Crippen LogP contribution in [0.5, 0.6) is 0 Å². The number of sulfonamides is 1. The molecule has 0 fully saturated rings. The second-order valence-electron chi connectivity index (χ2n) is 5.72. The van der Waals surface area contributed by atoms with Crippen LogP contribution in [-0.4, -0.2) is 32.9 Å². The number of rotatable bonds is 5. The SMILES string of the molecule is Cc1cc(C#N)ccc1S(=O)(=O)N(C)CC(C)(C)CN. The number of nitriles is 1. The van der Waals surface area contributed by atoms with Crippen molar-refractivity contribution in [2.24, 2.45) is 11.1 Å². The number of nitrogens with two attached hydrogens (primary N) is 1. The molecule has 6 heteroatoms. The fourth-order valence-corrected chi connectivity index (χ4v) is 3.49.